The Bertz CT molecular complexity index is 950. The van der Waals surface area contributed by atoms with Crippen molar-refractivity contribution in [2.24, 2.45) is 0 Å². The normalized spacial score (nSPS) is 16.8. The summed E-state index contributed by atoms with van der Waals surface area (Å²) in [6.45, 7) is -1.35. The van der Waals surface area contributed by atoms with Crippen molar-refractivity contribution < 1.29 is 30.4 Å². The number of piperazine rings is 1. The molecule has 6 nitrogen and oxygen atoms in total. The average molecular weight is 424 g/mol. The van der Waals surface area contributed by atoms with Crippen LogP contribution in [-0.2, 0) is 16.2 Å². The molecule has 1 fully saturated rings. The maximum Gasteiger partial charge on any atom is 0.416 e. The van der Waals surface area contributed by atoms with Crippen molar-refractivity contribution in [3.8, 4) is 0 Å². The fourth-order valence-corrected chi connectivity index (χ4v) is 4.63. The lowest BCUT2D eigenvalue weighted by Crippen LogP contribution is -2.48. The van der Waals surface area contributed by atoms with Gasteiger partial charge in [-0.15, -0.1) is 0 Å². The van der Waals surface area contributed by atoms with Crippen molar-refractivity contribution in [3.05, 3.63) is 41.7 Å². The van der Waals surface area contributed by atoms with Gasteiger partial charge < -0.3 is 4.90 Å². The third-order valence-corrected chi connectivity index (χ3v) is 6.58. The minimum atomic E-state index is -4.47. The molecule has 0 atom stereocenters. The molecule has 1 aromatic carbocycles. The summed E-state index contributed by atoms with van der Waals surface area (Å²) in [7, 11) is -4.03. The highest BCUT2D eigenvalue weighted by Gasteiger charge is 2.34. The number of anilines is 1. The molecule has 0 saturated carbocycles. The summed E-state index contributed by atoms with van der Waals surface area (Å²) >= 11 is 0. The van der Waals surface area contributed by atoms with E-state index in [1.54, 1.807) is 4.90 Å². The zero-order valence-corrected chi connectivity index (χ0v) is 15.5. The second-order valence-corrected chi connectivity index (χ2v) is 8.16. The minimum absolute atomic E-state index is 0.0118. The largest absolute Gasteiger partial charge is 0.416 e. The van der Waals surface area contributed by atoms with E-state index in [-0.39, 0.29) is 36.8 Å². The van der Waals surface area contributed by atoms with Crippen molar-refractivity contribution in [2.45, 2.75) is 24.5 Å². The number of sulfonamides is 1. The monoisotopic (exact) mass is 424 g/mol. The van der Waals surface area contributed by atoms with Crippen LogP contribution >= 0.6 is 0 Å². The molecule has 1 aliphatic rings. The molecule has 12 heteroatoms. The lowest BCUT2D eigenvalue weighted by Gasteiger charge is -2.35. The van der Waals surface area contributed by atoms with Gasteiger partial charge in [0.25, 0.3) is 0 Å². The summed E-state index contributed by atoms with van der Waals surface area (Å²) in [5.74, 6) is 0. The maximum atomic E-state index is 12.9. The fourth-order valence-electron chi connectivity index (χ4n) is 3.06. The molecule has 28 heavy (non-hydrogen) atoms. The van der Waals surface area contributed by atoms with Gasteiger partial charge in [0.15, 0.2) is 0 Å². The van der Waals surface area contributed by atoms with E-state index in [9.17, 15) is 30.4 Å². The van der Waals surface area contributed by atoms with E-state index < -0.39 is 28.3 Å². The van der Waals surface area contributed by atoms with Crippen LogP contribution in [0.2, 0.25) is 0 Å². The molecule has 1 aromatic heterocycles. The Balaban J connectivity index is 1.75. The number of hydrogen-bond acceptors (Lipinski definition) is 4. The van der Waals surface area contributed by atoms with E-state index >= 15 is 0 Å². The SMILES string of the molecule is Cc1c(S(=O)(=O)N2CCN(c3cccc(C(F)(F)F)c3)CC2)cnn1C(F)F. The van der Waals surface area contributed by atoms with Crippen LogP contribution in [0.4, 0.5) is 27.6 Å². The van der Waals surface area contributed by atoms with Crippen LogP contribution in [0.1, 0.15) is 17.8 Å². The second-order valence-electron chi connectivity index (χ2n) is 6.26. The molecular formula is C16H17F5N4O2S. The molecule has 154 valence electrons. The first-order valence-electron chi connectivity index (χ1n) is 8.26. The van der Waals surface area contributed by atoms with Gasteiger partial charge in [-0.05, 0) is 25.1 Å². The first-order valence-corrected chi connectivity index (χ1v) is 9.70. The number of nitrogens with zero attached hydrogens (tertiary/aromatic N) is 4. The molecule has 2 aromatic rings. The summed E-state index contributed by atoms with van der Waals surface area (Å²) in [6.07, 6.45) is -3.58. The predicted molar refractivity (Wildman–Crippen MR) is 90.6 cm³/mol. The van der Waals surface area contributed by atoms with E-state index in [0.29, 0.717) is 10.4 Å². The zero-order valence-electron chi connectivity index (χ0n) is 14.7. The highest BCUT2D eigenvalue weighted by Crippen LogP contribution is 2.32. The molecule has 0 radical (unpaired) electrons. The van der Waals surface area contributed by atoms with Crippen molar-refractivity contribution in [1.82, 2.24) is 14.1 Å². The zero-order chi connectivity index (χ0) is 20.7. The maximum absolute atomic E-state index is 12.9. The summed E-state index contributed by atoms with van der Waals surface area (Å²) in [5, 5.41) is 3.42. The molecule has 1 saturated heterocycles. The standard InChI is InChI=1S/C16H17F5N4O2S/c1-11-14(10-22-25(11)15(17)18)28(26,27)24-7-5-23(6-8-24)13-4-2-3-12(9-13)16(19,20)21/h2-4,9-10,15H,5-8H2,1H3. The van der Waals surface area contributed by atoms with Gasteiger partial charge in [0.2, 0.25) is 10.0 Å². The third-order valence-electron chi connectivity index (χ3n) is 4.58. The topological polar surface area (TPSA) is 58.4 Å². The van der Waals surface area contributed by atoms with Gasteiger partial charge in [-0.1, -0.05) is 6.07 Å². The van der Waals surface area contributed by atoms with Gasteiger partial charge in [-0.25, -0.2) is 13.1 Å². The smallest absolute Gasteiger partial charge is 0.369 e. The Hall–Kier alpha value is -2.21. The van der Waals surface area contributed by atoms with Gasteiger partial charge in [0.05, 0.1) is 17.5 Å². The number of halogens is 5. The third kappa shape index (κ3) is 3.83. The summed E-state index contributed by atoms with van der Waals surface area (Å²) < 4.78 is 91.2. The van der Waals surface area contributed by atoms with Gasteiger partial charge in [-0.3, -0.25) is 0 Å². The van der Waals surface area contributed by atoms with Gasteiger partial charge in [0.1, 0.15) is 4.90 Å². The molecule has 1 aliphatic heterocycles. The van der Waals surface area contributed by atoms with Crippen LogP contribution < -0.4 is 4.90 Å². The Morgan fingerprint density at radius 2 is 1.75 bits per heavy atom. The number of benzene rings is 1. The van der Waals surface area contributed by atoms with Crippen LogP contribution in [0.5, 0.6) is 0 Å². The van der Waals surface area contributed by atoms with E-state index in [4.69, 9.17) is 0 Å². The second kappa shape index (κ2) is 7.32. The Kier molecular flexibility index (Phi) is 5.36. The summed E-state index contributed by atoms with van der Waals surface area (Å²) in [4.78, 5) is 1.34. The molecule has 0 unspecified atom stereocenters. The Morgan fingerprint density at radius 3 is 2.29 bits per heavy atom. The van der Waals surface area contributed by atoms with E-state index in [1.165, 1.54) is 19.1 Å². The highest BCUT2D eigenvalue weighted by molar-refractivity contribution is 7.89. The van der Waals surface area contributed by atoms with Crippen LogP contribution in [0.25, 0.3) is 0 Å². The Morgan fingerprint density at radius 1 is 1.11 bits per heavy atom. The molecule has 0 N–H and O–H groups in total. The number of rotatable bonds is 4. The quantitative estimate of drug-likeness (QED) is 0.708. The van der Waals surface area contributed by atoms with Crippen molar-refractivity contribution >= 4 is 15.7 Å². The van der Waals surface area contributed by atoms with Gasteiger partial charge in [-0.2, -0.15) is 31.4 Å². The molecule has 0 amide bonds. The molecule has 3 rings (SSSR count). The predicted octanol–water partition coefficient (Wildman–Crippen LogP) is 3.12. The van der Waals surface area contributed by atoms with Crippen LogP contribution in [0.3, 0.4) is 0 Å². The number of aromatic nitrogens is 2. The van der Waals surface area contributed by atoms with Crippen molar-refractivity contribution in [1.29, 1.82) is 0 Å². The van der Waals surface area contributed by atoms with Crippen molar-refractivity contribution in [2.75, 3.05) is 31.1 Å². The molecule has 0 bridgehead atoms. The molecule has 2 heterocycles. The molecule has 0 spiro atoms. The fraction of sp³-hybridized carbons (Fsp3) is 0.438. The van der Waals surface area contributed by atoms with E-state index in [1.807, 2.05) is 0 Å². The van der Waals surface area contributed by atoms with Gasteiger partial charge in [0, 0.05) is 31.9 Å². The Labute approximate surface area is 158 Å². The highest BCUT2D eigenvalue weighted by atomic mass is 32.2. The van der Waals surface area contributed by atoms with Crippen molar-refractivity contribution in [3.63, 3.8) is 0 Å². The lowest BCUT2D eigenvalue weighted by molar-refractivity contribution is -0.137. The minimum Gasteiger partial charge on any atom is -0.369 e. The van der Waals surface area contributed by atoms with E-state index in [2.05, 4.69) is 5.10 Å². The molecular weight excluding hydrogens is 407 g/mol. The van der Waals surface area contributed by atoms with Crippen LogP contribution in [0.15, 0.2) is 35.4 Å². The summed E-state index contributed by atoms with van der Waals surface area (Å²) in [5.41, 5.74) is -0.612. The summed E-state index contributed by atoms with van der Waals surface area (Å²) in [6, 6.07) is 4.80. The lowest BCUT2D eigenvalue weighted by atomic mass is 10.1. The average Bonchev–Trinajstić information content (AvgIpc) is 3.04. The first kappa shape index (κ1) is 20.5. The van der Waals surface area contributed by atoms with Crippen LogP contribution in [0, 0.1) is 6.92 Å². The van der Waals surface area contributed by atoms with E-state index in [0.717, 1.165) is 22.6 Å². The van der Waals surface area contributed by atoms with Gasteiger partial charge >= 0.3 is 12.7 Å². The number of hydrogen-bond donors (Lipinski definition) is 0. The number of alkyl halides is 5. The van der Waals surface area contributed by atoms with Crippen LogP contribution in [-0.4, -0.2) is 48.7 Å². The molecule has 0 aliphatic carbocycles. The first-order chi connectivity index (χ1) is 13.0.